The van der Waals surface area contributed by atoms with Gasteiger partial charge < -0.3 is 15.1 Å². The van der Waals surface area contributed by atoms with Gasteiger partial charge in [-0.25, -0.2) is 4.79 Å². The molecule has 1 aromatic rings. The van der Waals surface area contributed by atoms with E-state index in [4.69, 9.17) is 5.11 Å². The Hall–Kier alpha value is -2.04. The van der Waals surface area contributed by atoms with Gasteiger partial charge in [0, 0.05) is 12.6 Å². The minimum atomic E-state index is -1.20. The molecule has 0 aromatic heterocycles. The third kappa shape index (κ3) is 1.24. The van der Waals surface area contributed by atoms with E-state index in [1.54, 1.807) is 7.05 Å². The number of amides is 1. The van der Waals surface area contributed by atoms with Gasteiger partial charge in [0.2, 0.25) is 5.91 Å². The molecule has 0 bridgehead atoms. The van der Waals surface area contributed by atoms with Crippen LogP contribution in [0, 0.1) is 0 Å². The molecular weight excluding hydrogens is 198 g/mol. The van der Waals surface area contributed by atoms with E-state index in [-0.39, 0.29) is 23.6 Å². The number of aromatic hydroxyl groups is 1. The molecule has 5 heteroatoms. The van der Waals surface area contributed by atoms with E-state index in [9.17, 15) is 14.7 Å². The van der Waals surface area contributed by atoms with Gasteiger partial charge in [-0.3, -0.25) is 4.79 Å². The molecule has 0 fully saturated rings. The number of rotatable bonds is 1. The molecule has 15 heavy (non-hydrogen) atoms. The van der Waals surface area contributed by atoms with Crippen molar-refractivity contribution < 1.29 is 19.8 Å². The smallest absolute Gasteiger partial charge is 0.339 e. The van der Waals surface area contributed by atoms with Crippen LogP contribution in [0.25, 0.3) is 0 Å². The van der Waals surface area contributed by atoms with Gasteiger partial charge in [0.15, 0.2) is 0 Å². The van der Waals surface area contributed by atoms with Gasteiger partial charge in [0.1, 0.15) is 11.3 Å². The van der Waals surface area contributed by atoms with Gasteiger partial charge in [0.25, 0.3) is 0 Å². The van der Waals surface area contributed by atoms with Crippen molar-refractivity contribution in [3.8, 4) is 5.75 Å². The van der Waals surface area contributed by atoms with Crippen LogP contribution in [0.2, 0.25) is 0 Å². The summed E-state index contributed by atoms with van der Waals surface area (Å²) < 4.78 is 0. The first kappa shape index (κ1) is 9.51. The quantitative estimate of drug-likeness (QED) is 0.707. The van der Waals surface area contributed by atoms with Crippen molar-refractivity contribution in [2.24, 2.45) is 0 Å². The molecule has 2 rings (SSSR count). The lowest BCUT2D eigenvalue weighted by atomic mass is 10.1. The summed E-state index contributed by atoms with van der Waals surface area (Å²) >= 11 is 0. The fourth-order valence-corrected chi connectivity index (χ4v) is 1.69. The molecule has 0 atom stereocenters. The number of nitrogens with zero attached hydrogens (tertiary/aromatic N) is 1. The highest BCUT2D eigenvalue weighted by atomic mass is 16.4. The Labute approximate surface area is 85.6 Å². The number of fused-ring (bicyclic) bond motifs is 1. The molecule has 2 N–H and O–H groups in total. The van der Waals surface area contributed by atoms with Crippen molar-refractivity contribution in [2.75, 3.05) is 11.9 Å². The van der Waals surface area contributed by atoms with Crippen molar-refractivity contribution in [1.82, 2.24) is 0 Å². The summed E-state index contributed by atoms with van der Waals surface area (Å²) in [7, 11) is 1.59. The van der Waals surface area contributed by atoms with Gasteiger partial charge in [-0.1, -0.05) is 0 Å². The third-order valence-corrected chi connectivity index (χ3v) is 2.55. The Balaban J connectivity index is 2.62. The van der Waals surface area contributed by atoms with E-state index in [1.165, 1.54) is 17.0 Å². The molecule has 5 nitrogen and oxygen atoms in total. The molecule has 1 aliphatic heterocycles. The maximum Gasteiger partial charge on any atom is 0.339 e. The molecule has 0 spiro atoms. The summed E-state index contributed by atoms with van der Waals surface area (Å²) in [6.45, 7) is 0. The highest BCUT2D eigenvalue weighted by Crippen LogP contribution is 2.36. The molecule has 78 valence electrons. The number of benzene rings is 1. The molecule has 1 heterocycles. The Morgan fingerprint density at radius 3 is 2.73 bits per heavy atom. The van der Waals surface area contributed by atoms with Gasteiger partial charge >= 0.3 is 5.97 Å². The number of likely N-dealkylation sites (N-methyl/N-ethyl adjacent to an activating group) is 1. The molecule has 0 aliphatic carbocycles. The lowest BCUT2D eigenvalue weighted by Gasteiger charge is -2.10. The topological polar surface area (TPSA) is 77.8 Å². The number of anilines is 1. The summed E-state index contributed by atoms with van der Waals surface area (Å²) in [5.74, 6) is -1.65. The Morgan fingerprint density at radius 2 is 2.13 bits per heavy atom. The lowest BCUT2D eigenvalue weighted by molar-refractivity contribution is -0.117. The van der Waals surface area contributed by atoms with Crippen molar-refractivity contribution >= 4 is 17.6 Å². The van der Waals surface area contributed by atoms with Gasteiger partial charge in [0.05, 0.1) is 12.1 Å². The van der Waals surface area contributed by atoms with Crippen molar-refractivity contribution in [1.29, 1.82) is 0 Å². The predicted molar refractivity (Wildman–Crippen MR) is 52.2 cm³/mol. The first-order valence-corrected chi connectivity index (χ1v) is 4.37. The molecular formula is C10H9NO4. The second-order valence-electron chi connectivity index (χ2n) is 3.39. The van der Waals surface area contributed by atoms with E-state index in [0.29, 0.717) is 11.3 Å². The van der Waals surface area contributed by atoms with Crippen LogP contribution >= 0.6 is 0 Å². The normalized spacial score (nSPS) is 14.2. The van der Waals surface area contributed by atoms with Gasteiger partial charge in [-0.2, -0.15) is 0 Å². The number of carboxylic acid groups (broad SMARTS) is 1. The van der Waals surface area contributed by atoms with Crippen LogP contribution in [0.3, 0.4) is 0 Å². The van der Waals surface area contributed by atoms with Crippen molar-refractivity contribution in [2.45, 2.75) is 6.42 Å². The Kier molecular flexibility index (Phi) is 1.89. The molecule has 0 saturated heterocycles. The van der Waals surface area contributed by atoms with Crippen LogP contribution < -0.4 is 4.90 Å². The van der Waals surface area contributed by atoms with Crippen LogP contribution in [-0.4, -0.2) is 29.1 Å². The fourth-order valence-electron chi connectivity index (χ4n) is 1.69. The predicted octanol–water partition coefficient (Wildman–Crippen LogP) is 0.609. The number of carboxylic acids is 1. The highest BCUT2D eigenvalue weighted by molar-refractivity contribution is 6.04. The van der Waals surface area contributed by atoms with Crippen molar-refractivity contribution in [3.05, 3.63) is 23.3 Å². The maximum absolute atomic E-state index is 11.3. The van der Waals surface area contributed by atoms with E-state index >= 15 is 0 Å². The number of carbonyl (C=O) groups excluding carboxylic acids is 1. The third-order valence-electron chi connectivity index (χ3n) is 2.55. The lowest BCUT2D eigenvalue weighted by Crippen LogP contribution is -2.20. The average molecular weight is 207 g/mol. The highest BCUT2D eigenvalue weighted by Gasteiger charge is 2.29. The first-order chi connectivity index (χ1) is 7.02. The molecule has 0 saturated carbocycles. The summed E-state index contributed by atoms with van der Waals surface area (Å²) in [4.78, 5) is 23.5. The second kappa shape index (κ2) is 2.98. The summed E-state index contributed by atoms with van der Waals surface area (Å²) in [5, 5.41) is 18.4. The zero-order chi connectivity index (χ0) is 11.2. The molecule has 1 aromatic carbocycles. The van der Waals surface area contributed by atoms with E-state index in [0.717, 1.165) is 0 Å². The van der Waals surface area contributed by atoms with E-state index in [1.807, 2.05) is 0 Å². The SMILES string of the molecule is CN1C(=O)Cc2c1ccc(C(=O)O)c2O. The number of carbonyl (C=O) groups is 2. The fraction of sp³-hybridized carbons (Fsp3) is 0.200. The monoisotopic (exact) mass is 207 g/mol. The van der Waals surface area contributed by atoms with E-state index < -0.39 is 5.97 Å². The zero-order valence-electron chi connectivity index (χ0n) is 8.02. The Morgan fingerprint density at radius 1 is 1.47 bits per heavy atom. The molecule has 1 aliphatic rings. The van der Waals surface area contributed by atoms with Gasteiger partial charge in [-0.15, -0.1) is 0 Å². The number of aromatic carboxylic acids is 1. The Bertz CT molecular complexity index is 467. The minimum Gasteiger partial charge on any atom is -0.507 e. The minimum absolute atomic E-state index is 0.0544. The van der Waals surface area contributed by atoms with Crippen LogP contribution in [0.4, 0.5) is 5.69 Å². The zero-order valence-corrected chi connectivity index (χ0v) is 8.02. The van der Waals surface area contributed by atoms with Crippen LogP contribution in [0.5, 0.6) is 5.75 Å². The number of phenols is 1. The summed E-state index contributed by atoms with van der Waals surface area (Å²) in [6.07, 6.45) is 0.0544. The van der Waals surface area contributed by atoms with Gasteiger partial charge in [-0.05, 0) is 12.1 Å². The van der Waals surface area contributed by atoms with E-state index in [2.05, 4.69) is 0 Å². The average Bonchev–Trinajstić information content (AvgIpc) is 2.45. The number of hydrogen-bond acceptors (Lipinski definition) is 3. The molecule has 0 radical (unpaired) electrons. The molecule has 0 unspecified atom stereocenters. The van der Waals surface area contributed by atoms with Crippen molar-refractivity contribution in [3.63, 3.8) is 0 Å². The standard InChI is InChI=1S/C10H9NO4/c1-11-7-3-2-5(10(14)15)9(13)6(7)4-8(11)12/h2-3,13H,4H2,1H3,(H,14,15). The van der Waals surface area contributed by atoms with Crippen LogP contribution in [-0.2, 0) is 11.2 Å². The summed E-state index contributed by atoms with van der Waals surface area (Å²) in [5.41, 5.74) is 0.793. The van der Waals surface area contributed by atoms with Crippen LogP contribution in [0.1, 0.15) is 15.9 Å². The largest absolute Gasteiger partial charge is 0.507 e. The first-order valence-electron chi connectivity index (χ1n) is 4.37. The maximum atomic E-state index is 11.3. The number of hydrogen-bond donors (Lipinski definition) is 2. The molecule has 1 amide bonds. The van der Waals surface area contributed by atoms with Crippen LogP contribution in [0.15, 0.2) is 12.1 Å². The summed E-state index contributed by atoms with van der Waals surface area (Å²) in [6, 6.07) is 2.83. The second-order valence-corrected chi connectivity index (χ2v) is 3.39.